The minimum Gasteiger partial charge on any atom is -0.312 e. The molecule has 1 aromatic rings. The summed E-state index contributed by atoms with van der Waals surface area (Å²) in [6, 6.07) is 12.8. The van der Waals surface area contributed by atoms with Crippen molar-refractivity contribution in [1.82, 2.24) is 10.2 Å². The molecule has 114 valence electrons. The maximum atomic E-state index is 3.76. The van der Waals surface area contributed by atoms with Gasteiger partial charge in [-0.1, -0.05) is 43.2 Å². The van der Waals surface area contributed by atoms with Crippen LogP contribution in [0, 0.1) is 5.92 Å². The summed E-state index contributed by atoms with van der Waals surface area (Å²) >= 11 is 0. The summed E-state index contributed by atoms with van der Waals surface area (Å²) in [5.41, 5.74) is 1.57. The van der Waals surface area contributed by atoms with Crippen molar-refractivity contribution >= 4 is 0 Å². The standard InChI is InChI=1S/C19H28N2/c1-2-7-15(8-3-1)17-10-4-5-11-19(17)21-13-16-9-6-12-20-18(16)14-21/h1-3,7-8,16-20H,4-6,9-14H2. The average Bonchev–Trinajstić information content (AvgIpc) is 2.99. The highest BCUT2D eigenvalue weighted by Crippen LogP contribution is 2.39. The van der Waals surface area contributed by atoms with Crippen LogP contribution in [0.3, 0.4) is 0 Å². The first kappa shape index (κ1) is 13.8. The van der Waals surface area contributed by atoms with Gasteiger partial charge >= 0.3 is 0 Å². The Bertz CT molecular complexity index is 444. The molecular weight excluding hydrogens is 256 g/mol. The number of nitrogens with one attached hydrogen (secondary N) is 1. The number of likely N-dealkylation sites (tertiary alicyclic amines) is 1. The molecule has 0 bridgehead atoms. The first-order valence-electron chi connectivity index (χ1n) is 8.94. The minimum absolute atomic E-state index is 0.764. The molecule has 3 fully saturated rings. The summed E-state index contributed by atoms with van der Waals surface area (Å²) in [6.07, 6.45) is 8.44. The molecule has 4 unspecified atom stereocenters. The van der Waals surface area contributed by atoms with Gasteiger partial charge in [0, 0.05) is 25.2 Å². The molecule has 0 radical (unpaired) electrons. The van der Waals surface area contributed by atoms with Crippen molar-refractivity contribution in [3.8, 4) is 0 Å². The largest absolute Gasteiger partial charge is 0.312 e. The Morgan fingerprint density at radius 3 is 2.62 bits per heavy atom. The van der Waals surface area contributed by atoms with E-state index in [4.69, 9.17) is 0 Å². The van der Waals surface area contributed by atoms with Crippen LogP contribution in [0.5, 0.6) is 0 Å². The van der Waals surface area contributed by atoms with Gasteiger partial charge in [-0.3, -0.25) is 4.90 Å². The second-order valence-corrected chi connectivity index (χ2v) is 7.29. The number of benzene rings is 1. The summed E-state index contributed by atoms with van der Waals surface area (Å²) in [5, 5.41) is 3.76. The Hall–Kier alpha value is -0.860. The van der Waals surface area contributed by atoms with Crippen LogP contribution in [-0.4, -0.2) is 36.6 Å². The summed E-state index contributed by atoms with van der Waals surface area (Å²) < 4.78 is 0. The Balaban J connectivity index is 1.52. The summed E-state index contributed by atoms with van der Waals surface area (Å²) in [6.45, 7) is 3.87. The predicted octanol–water partition coefficient (Wildman–Crippen LogP) is 3.40. The van der Waals surface area contributed by atoms with Crippen LogP contribution in [-0.2, 0) is 0 Å². The average molecular weight is 284 g/mol. The molecule has 2 saturated heterocycles. The zero-order valence-corrected chi connectivity index (χ0v) is 13.0. The van der Waals surface area contributed by atoms with Gasteiger partial charge in [0.1, 0.15) is 0 Å². The van der Waals surface area contributed by atoms with Crippen LogP contribution >= 0.6 is 0 Å². The molecule has 3 aliphatic rings. The summed E-state index contributed by atoms with van der Waals surface area (Å²) in [4.78, 5) is 2.84. The molecule has 1 aromatic carbocycles. The van der Waals surface area contributed by atoms with Crippen molar-refractivity contribution in [2.24, 2.45) is 5.92 Å². The lowest BCUT2D eigenvalue weighted by atomic mass is 9.79. The number of nitrogens with zero attached hydrogens (tertiary/aromatic N) is 1. The van der Waals surface area contributed by atoms with E-state index in [1.54, 1.807) is 5.56 Å². The molecule has 2 heteroatoms. The first-order chi connectivity index (χ1) is 10.4. The van der Waals surface area contributed by atoms with E-state index in [0.717, 1.165) is 23.9 Å². The topological polar surface area (TPSA) is 15.3 Å². The van der Waals surface area contributed by atoms with Crippen molar-refractivity contribution in [3.05, 3.63) is 35.9 Å². The zero-order valence-electron chi connectivity index (χ0n) is 13.0. The Labute approximate surface area is 128 Å². The molecule has 4 atom stereocenters. The maximum absolute atomic E-state index is 3.76. The summed E-state index contributed by atoms with van der Waals surface area (Å²) in [5.74, 6) is 1.68. The molecule has 2 nitrogen and oxygen atoms in total. The van der Waals surface area contributed by atoms with Crippen molar-refractivity contribution < 1.29 is 0 Å². The van der Waals surface area contributed by atoms with E-state index in [2.05, 4.69) is 40.5 Å². The van der Waals surface area contributed by atoms with Gasteiger partial charge in [0.2, 0.25) is 0 Å². The third kappa shape index (κ3) is 2.76. The van der Waals surface area contributed by atoms with Crippen LogP contribution in [0.4, 0.5) is 0 Å². The molecule has 1 N–H and O–H groups in total. The van der Waals surface area contributed by atoms with E-state index in [9.17, 15) is 0 Å². The fourth-order valence-corrected chi connectivity index (χ4v) is 4.99. The van der Waals surface area contributed by atoms with E-state index in [1.165, 1.54) is 58.2 Å². The Morgan fingerprint density at radius 1 is 0.905 bits per heavy atom. The van der Waals surface area contributed by atoms with E-state index >= 15 is 0 Å². The number of piperidine rings is 1. The van der Waals surface area contributed by atoms with Gasteiger partial charge in [-0.25, -0.2) is 0 Å². The number of hydrogen-bond acceptors (Lipinski definition) is 2. The Kier molecular flexibility index (Phi) is 4.00. The number of rotatable bonds is 2. The Morgan fingerprint density at radius 2 is 1.76 bits per heavy atom. The molecule has 1 saturated carbocycles. The van der Waals surface area contributed by atoms with E-state index in [0.29, 0.717) is 0 Å². The number of hydrogen-bond donors (Lipinski definition) is 1. The minimum atomic E-state index is 0.764. The van der Waals surface area contributed by atoms with Crippen LogP contribution in [0.25, 0.3) is 0 Å². The molecule has 1 aliphatic carbocycles. The van der Waals surface area contributed by atoms with Gasteiger partial charge in [-0.15, -0.1) is 0 Å². The second-order valence-electron chi connectivity index (χ2n) is 7.29. The van der Waals surface area contributed by atoms with Crippen LogP contribution < -0.4 is 5.32 Å². The molecule has 21 heavy (non-hydrogen) atoms. The highest BCUT2D eigenvalue weighted by molar-refractivity contribution is 5.22. The second kappa shape index (κ2) is 6.10. The normalized spacial score (nSPS) is 37.3. The smallest absolute Gasteiger partial charge is 0.0235 e. The van der Waals surface area contributed by atoms with E-state index < -0.39 is 0 Å². The van der Waals surface area contributed by atoms with Crippen molar-refractivity contribution in [2.75, 3.05) is 19.6 Å². The lowest BCUT2D eigenvalue weighted by Crippen LogP contribution is -2.43. The fourth-order valence-electron chi connectivity index (χ4n) is 4.99. The highest BCUT2D eigenvalue weighted by atomic mass is 15.2. The van der Waals surface area contributed by atoms with Gasteiger partial charge in [0.25, 0.3) is 0 Å². The van der Waals surface area contributed by atoms with Crippen LogP contribution in [0.1, 0.15) is 50.0 Å². The van der Waals surface area contributed by atoms with Crippen molar-refractivity contribution in [1.29, 1.82) is 0 Å². The molecule has 4 rings (SSSR count). The van der Waals surface area contributed by atoms with Gasteiger partial charge < -0.3 is 5.32 Å². The monoisotopic (exact) mass is 284 g/mol. The lowest BCUT2D eigenvalue weighted by Gasteiger charge is -2.38. The van der Waals surface area contributed by atoms with Gasteiger partial charge in [-0.05, 0) is 49.6 Å². The molecule has 0 spiro atoms. The number of fused-ring (bicyclic) bond motifs is 1. The molecule has 2 aliphatic heterocycles. The SMILES string of the molecule is c1ccc(C2CCCCC2N2CC3CCCNC3C2)cc1. The highest BCUT2D eigenvalue weighted by Gasteiger charge is 2.40. The van der Waals surface area contributed by atoms with Gasteiger partial charge in [0.15, 0.2) is 0 Å². The van der Waals surface area contributed by atoms with E-state index in [1.807, 2.05) is 0 Å². The van der Waals surface area contributed by atoms with Gasteiger partial charge in [-0.2, -0.15) is 0 Å². The predicted molar refractivity (Wildman–Crippen MR) is 87.5 cm³/mol. The van der Waals surface area contributed by atoms with Crippen molar-refractivity contribution in [2.45, 2.75) is 56.5 Å². The maximum Gasteiger partial charge on any atom is 0.0235 e. The molecule has 2 heterocycles. The molecular formula is C19H28N2. The lowest BCUT2D eigenvalue weighted by molar-refractivity contribution is 0.160. The van der Waals surface area contributed by atoms with E-state index in [-0.39, 0.29) is 0 Å². The van der Waals surface area contributed by atoms with Crippen molar-refractivity contribution in [3.63, 3.8) is 0 Å². The van der Waals surface area contributed by atoms with Crippen LogP contribution in [0.15, 0.2) is 30.3 Å². The molecule has 0 aromatic heterocycles. The third-order valence-corrected chi connectivity index (χ3v) is 6.05. The third-order valence-electron chi connectivity index (χ3n) is 6.05. The van der Waals surface area contributed by atoms with Gasteiger partial charge in [0.05, 0.1) is 0 Å². The zero-order chi connectivity index (χ0) is 14.1. The summed E-state index contributed by atoms with van der Waals surface area (Å²) in [7, 11) is 0. The van der Waals surface area contributed by atoms with Crippen LogP contribution in [0.2, 0.25) is 0 Å². The quantitative estimate of drug-likeness (QED) is 0.895. The fraction of sp³-hybridized carbons (Fsp3) is 0.684. The molecule has 0 amide bonds. The first-order valence-corrected chi connectivity index (χ1v) is 8.94.